The van der Waals surface area contributed by atoms with Crippen LogP contribution in [0.5, 0.6) is 0 Å². The third kappa shape index (κ3) is 6.03. The number of carbonyl (C=O) groups is 2. The molecular weight excluding hydrogens is 204 g/mol. The molecule has 0 aliphatic heterocycles. The molecule has 0 fully saturated rings. The van der Waals surface area contributed by atoms with Crippen LogP contribution in [0.4, 0.5) is 0 Å². The molecule has 0 aromatic carbocycles. The molecule has 0 amide bonds. The van der Waals surface area contributed by atoms with E-state index in [0.717, 1.165) is 0 Å². The van der Waals surface area contributed by atoms with Gasteiger partial charge in [0.15, 0.2) is 6.10 Å². The van der Waals surface area contributed by atoms with E-state index in [2.05, 4.69) is 9.47 Å². The van der Waals surface area contributed by atoms with Crippen LogP contribution in [-0.2, 0) is 23.8 Å². The molecule has 0 saturated carbocycles. The Morgan fingerprint density at radius 3 is 2.53 bits per heavy atom. The van der Waals surface area contributed by atoms with Crippen LogP contribution in [0, 0.1) is 0 Å². The van der Waals surface area contributed by atoms with E-state index in [-0.39, 0.29) is 13.0 Å². The van der Waals surface area contributed by atoms with Crippen LogP contribution in [-0.4, -0.2) is 50.1 Å². The lowest BCUT2D eigenvalue weighted by Gasteiger charge is -2.12. The summed E-state index contributed by atoms with van der Waals surface area (Å²) >= 11 is 0. The van der Waals surface area contributed by atoms with Gasteiger partial charge in [0.2, 0.25) is 0 Å². The summed E-state index contributed by atoms with van der Waals surface area (Å²) in [7, 11) is 1.19. The van der Waals surface area contributed by atoms with Gasteiger partial charge in [-0.05, 0) is 6.92 Å². The second-order valence-electron chi connectivity index (χ2n) is 2.62. The summed E-state index contributed by atoms with van der Waals surface area (Å²) in [5, 5.41) is 8.75. The number of aliphatic hydroxyl groups excluding tert-OH is 1. The average Bonchev–Trinajstić information content (AvgIpc) is 2.24. The molecule has 1 N–H and O–H groups in total. The first-order chi connectivity index (χ1) is 7.15. The number of carbonyl (C=O) groups excluding carboxylic acids is 2. The average molecular weight is 220 g/mol. The highest BCUT2D eigenvalue weighted by molar-refractivity contribution is 5.74. The van der Waals surface area contributed by atoms with Crippen molar-refractivity contribution in [3.8, 4) is 0 Å². The molecule has 6 heteroatoms. The molecule has 0 spiro atoms. The maximum Gasteiger partial charge on any atom is 0.337 e. The summed E-state index contributed by atoms with van der Waals surface area (Å²) in [5.74, 6) is -1.07. The molecule has 0 heterocycles. The quantitative estimate of drug-likeness (QED) is 0.582. The van der Waals surface area contributed by atoms with Gasteiger partial charge in [-0.15, -0.1) is 0 Å². The highest BCUT2D eigenvalue weighted by Crippen LogP contribution is 1.97. The number of esters is 2. The second-order valence-corrected chi connectivity index (χ2v) is 2.62. The van der Waals surface area contributed by atoms with E-state index in [1.165, 1.54) is 7.11 Å². The first-order valence-electron chi connectivity index (χ1n) is 4.61. The molecule has 0 saturated heterocycles. The Balaban J connectivity index is 3.72. The minimum Gasteiger partial charge on any atom is -0.467 e. The molecule has 15 heavy (non-hydrogen) atoms. The lowest BCUT2D eigenvalue weighted by molar-refractivity contribution is -0.159. The summed E-state index contributed by atoms with van der Waals surface area (Å²) in [5.41, 5.74) is 0. The Labute approximate surface area is 88.1 Å². The van der Waals surface area contributed by atoms with Gasteiger partial charge in [-0.25, -0.2) is 4.79 Å². The fourth-order valence-electron chi connectivity index (χ4n) is 0.844. The van der Waals surface area contributed by atoms with Crippen LogP contribution >= 0.6 is 0 Å². The maximum atomic E-state index is 10.9. The molecule has 0 bridgehead atoms. The van der Waals surface area contributed by atoms with Gasteiger partial charge in [0.25, 0.3) is 0 Å². The summed E-state index contributed by atoms with van der Waals surface area (Å²) in [6.45, 7) is 1.54. The first kappa shape index (κ1) is 13.9. The number of aliphatic hydroxyl groups is 1. The minimum atomic E-state index is -1.04. The number of rotatable bonds is 7. The fourth-order valence-corrected chi connectivity index (χ4v) is 0.844. The van der Waals surface area contributed by atoms with Gasteiger partial charge in [0.05, 0.1) is 33.4 Å². The van der Waals surface area contributed by atoms with Gasteiger partial charge in [0, 0.05) is 0 Å². The number of ether oxygens (including phenoxy) is 3. The van der Waals surface area contributed by atoms with Gasteiger partial charge in [-0.2, -0.15) is 0 Å². The predicted molar refractivity (Wildman–Crippen MR) is 50.1 cm³/mol. The molecular formula is C9H16O6. The Morgan fingerprint density at radius 2 is 2.07 bits per heavy atom. The molecule has 0 aromatic rings. The van der Waals surface area contributed by atoms with E-state index in [1.54, 1.807) is 6.92 Å². The van der Waals surface area contributed by atoms with Crippen molar-refractivity contribution >= 4 is 11.9 Å². The van der Waals surface area contributed by atoms with Gasteiger partial charge in [0.1, 0.15) is 0 Å². The molecule has 1 unspecified atom stereocenters. The largest absolute Gasteiger partial charge is 0.467 e. The zero-order chi connectivity index (χ0) is 11.7. The smallest absolute Gasteiger partial charge is 0.337 e. The van der Waals surface area contributed by atoms with E-state index in [0.29, 0.717) is 6.61 Å². The summed E-state index contributed by atoms with van der Waals surface area (Å²) < 4.78 is 14.0. The summed E-state index contributed by atoms with van der Waals surface area (Å²) in [6.07, 6.45) is -0.995. The maximum absolute atomic E-state index is 10.9. The standard InChI is InChI=1S/C9H16O6/c1-3-14-8(11)4-5-15-7(6-10)9(12)13-2/h7,10H,3-6H2,1-2H3. The van der Waals surface area contributed by atoms with Crippen molar-refractivity contribution < 1.29 is 28.9 Å². The first-order valence-corrected chi connectivity index (χ1v) is 4.61. The van der Waals surface area contributed by atoms with Crippen molar-refractivity contribution in [3.05, 3.63) is 0 Å². The molecule has 0 aromatic heterocycles. The topological polar surface area (TPSA) is 82.1 Å². The molecule has 0 radical (unpaired) electrons. The van der Waals surface area contributed by atoms with Gasteiger partial charge < -0.3 is 19.3 Å². The van der Waals surface area contributed by atoms with Crippen LogP contribution < -0.4 is 0 Å². The third-order valence-electron chi connectivity index (χ3n) is 1.56. The summed E-state index contributed by atoms with van der Waals surface area (Å²) in [4.78, 5) is 21.8. The number of hydrogen-bond donors (Lipinski definition) is 1. The van der Waals surface area contributed by atoms with E-state index in [4.69, 9.17) is 9.84 Å². The van der Waals surface area contributed by atoms with E-state index >= 15 is 0 Å². The lowest BCUT2D eigenvalue weighted by Crippen LogP contribution is -2.30. The highest BCUT2D eigenvalue weighted by atomic mass is 16.6. The van der Waals surface area contributed by atoms with Crippen LogP contribution in [0.25, 0.3) is 0 Å². The minimum absolute atomic E-state index is 0.0131. The number of hydrogen-bond acceptors (Lipinski definition) is 6. The van der Waals surface area contributed by atoms with Crippen molar-refractivity contribution in [3.63, 3.8) is 0 Å². The van der Waals surface area contributed by atoms with Crippen molar-refractivity contribution in [2.45, 2.75) is 19.4 Å². The van der Waals surface area contributed by atoms with Crippen LogP contribution in [0.15, 0.2) is 0 Å². The molecule has 1 atom stereocenters. The Kier molecular flexibility index (Phi) is 7.57. The van der Waals surface area contributed by atoms with Crippen molar-refractivity contribution in [2.75, 3.05) is 26.9 Å². The fraction of sp³-hybridized carbons (Fsp3) is 0.778. The van der Waals surface area contributed by atoms with Gasteiger partial charge in [-0.1, -0.05) is 0 Å². The lowest BCUT2D eigenvalue weighted by atomic mass is 10.4. The van der Waals surface area contributed by atoms with Crippen LogP contribution in [0.3, 0.4) is 0 Å². The van der Waals surface area contributed by atoms with Gasteiger partial charge in [-0.3, -0.25) is 4.79 Å². The highest BCUT2D eigenvalue weighted by Gasteiger charge is 2.18. The molecule has 6 nitrogen and oxygen atoms in total. The Hall–Kier alpha value is -1.14. The molecule has 0 rings (SSSR count). The second kappa shape index (κ2) is 8.19. The zero-order valence-electron chi connectivity index (χ0n) is 8.89. The number of methoxy groups -OCH3 is 1. The molecule has 0 aliphatic carbocycles. The van der Waals surface area contributed by atoms with Crippen molar-refractivity contribution in [2.24, 2.45) is 0 Å². The normalized spacial score (nSPS) is 11.9. The van der Waals surface area contributed by atoms with E-state index < -0.39 is 24.6 Å². The molecule has 88 valence electrons. The predicted octanol–water partition coefficient (Wildman–Crippen LogP) is -0.510. The SMILES string of the molecule is CCOC(=O)CCOC(CO)C(=O)OC. The van der Waals surface area contributed by atoms with E-state index in [1.807, 2.05) is 0 Å². The summed E-state index contributed by atoms with van der Waals surface area (Å²) in [6, 6.07) is 0. The Bertz CT molecular complexity index is 203. The van der Waals surface area contributed by atoms with Crippen LogP contribution in [0.1, 0.15) is 13.3 Å². The van der Waals surface area contributed by atoms with E-state index in [9.17, 15) is 9.59 Å². The van der Waals surface area contributed by atoms with Crippen LogP contribution in [0.2, 0.25) is 0 Å². The van der Waals surface area contributed by atoms with Gasteiger partial charge >= 0.3 is 11.9 Å². The van der Waals surface area contributed by atoms with Crippen molar-refractivity contribution in [1.82, 2.24) is 0 Å². The third-order valence-corrected chi connectivity index (χ3v) is 1.56. The zero-order valence-corrected chi connectivity index (χ0v) is 8.89. The van der Waals surface area contributed by atoms with Crippen molar-refractivity contribution in [1.29, 1.82) is 0 Å². The Morgan fingerprint density at radius 1 is 1.40 bits per heavy atom. The molecule has 0 aliphatic rings. The monoisotopic (exact) mass is 220 g/mol.